The van der Waals surface area contributed by atoms with Crippen molar-refractivity contribution in [3.05, 3.63) is 42.2 Å². The predicted octanol–water partition coefficient (Wildman–Crippen LogP) is 1.80. The average Bonchev–Trinajstić information content (AvgIpc) is 2.77. The van der Waals surface area contributed by atoms with Gasteiger partial charge in [-0.25, -0.2) is 0 Å². The Morgan fingerprint density at radius 2 is 2.00 bits per heavy atom. The molecule has 0 aliphatic rings. The molecule has 1 aromatic heterocycles. The van der Waals surface area contributed by atoms with Crippen molar-refractivity contribution in [1.29, 1.82) is 0 Å². The summed E-state index contributed by atoms with van der Waals surface area (Å²) in [7, 11) is 3.28. The van der Waals surface area contributed by atoms with Gasteiger partial charge in [0.2, 0.25) is 0 Å². The van der Waals surface area contributed by atoms with Crippen LogP contribution < -0.4 is 0 Å². The summed E-state index contributed by atoms with van der Waals surface area (Å²) >= 11 is 0. The summed E-state index contributed by atoms with van der Waals surface area (Å²) in [6.45, 7) is 0. The van der Waals surface area contributed by atoms with Gasteiger partial charge in [-0.2, -0.15) is 5.10 Å². The molecule has 0 saturated heterocycles. The van der Waals surface area contributed by atoms with Crippen LogP contribution in [0.4, 0.5) is 0 Å². The summed E-state index contributed by atoms with van der Waals surface area (Å²) in [5.41, 5.74) is 3.10. The van der Waals surface area contributed by atoms with Crippen molar-refractivity contribution in [2.75, 3.05) is 7.11 Å². The van der Waals surface area contributed by atoms with E-state index >= 15 is 0 Å². The van der Waals surface area contributed by atoms with Gasteiger partial charge in [-0.3, -0.25) is 9.48 Å². The molecule has 4 nitrogen and oxygen atoms in total. The number of carbonyl (C=O) groups is 1. The van der Waals surface area contributed by atoms with Gasteiger partial charge in [-0.15, -0.1) is 0 Å². The minimum Gasteiger partial charge on any atom is -0.469 e. The number of hydrogen-bond acceptors (Lipinski definition) is 3. The zero-order valence-electron chi connectivity index (χ0n) is 9.88. The van der Waals surface area contributed by atoms with E-state index in [9.17, 15) is 4.79 Å². The number of carbonyl (C=O) groups excluding carboxylic acids is 1. The van der Waals surface area contributed by atoms with Crippen LogP contribution in [0.25, 0.3) is 11.1 Å². The van der Waals surface area contributed by atoms with E-state index in [-0.39, 0.29) is 5.97 Å². The first-order valence-electron chi connectivity index (χ1n) is 5.34. The van der Waals surface area contributed by atoms with Crippen molar-refractivity contribution in [2.45, 2.75) is 6.42 Å². The lowest BCUT2D eigenvalue weighted by Gasteiger charge is -2.01. The Kier molecular flexibility index (Phi) is 3.23. The zero-order chi connectivity index (χ0) is 12.3. The number of aromatic nitrogens is 2. The Hall–Kier alpha value is -2.10. The van der Waals surface area contributed by atoms with Gasteiger partial charge in [0.1, 0.15) is 0 Å². The summed E-state index contributed by atoms with van der Waals surface area (Å²) in [6, 6.07) is 7.82. The fraction of sp³-hybridized carbons (Fsp3) is 0.231. The Morgan fingerprint density at radius 1 is 1.29 bits per heavy atom. The maximum absolute atomic E-state index is 11.1. The molecular weight excluding hydrogens is 216 g/mol. The molecule has 0 atom stereocenters. The molecule has 0 N–H and O–H groups in total. The molecule has 2 rings (SSSR count). The molecule has 0 radical (unpaired) electrons. The topological polar surface area (TPSA) is 44.1 Å². The van der Waals surface area contributed by atoms with Gasteiger partial charge in [-0.1, -0.05) is 24.3 Å². The number of esters is 1. The van der Waals surface area contributed by atoms with Crippen LogP contribution >= 0.6 is 0 Å². The van der Waals surface area contributed by atoms with Crippen molar-refractivity contribution in [3.8, 4) is 11.1 Å². The normalized spacial score (nSPS) is 10.2. The third-order valence-corrected chi connectivity index (χ3v) is 2.57. The van der Waals surface area contributed by atoms with Crippen molar-refractivity contribution in [1.82, 2.24) is 9.78 Å². The van der Waals surface area contributed by atoms with Crippen molar-refractivity contribution >= 4 is 5.97 Å². The van der Waals surface area contributed by atoms with Gasteiger partial charge < -0.3 is 4.74 Å². The number of aryl methyl sites for hydroxylation is 1. The molecular formula is C13H14N2O2. The molecule has 0 fully saturated rings. The molecule has 2 aromatic rings. The first-order chi connectivity index (χ1) is 8.19. The van der Waals surface area contributed by atoms with Gasteiger partial charge >= 0.3 is 5.97 Å². The number of hydrogen-bond donors (Lipinski definition) is 0. The second-order valence-electron chi connectivity index (χ2n) is 3.85. The van der Waals surface area contributed by atoms with Crippen LogP contribution in [-0.4, -0.2) is 22.9 Å². The average molecular weight is 230 g/mol. The predicted molar refractivity (Wildman–Crippen MR) is 64.4 cm³/mol. The SMILES string of the molecule is COC(=O)Cc1ccc(-c2cnn(C)c2)cc1. The van der Waals surface area contributed by atoms with Crippen LogP contribution in [0, 0.1) is 0 Å². The van der Waals surface area contributed by atoms with Gasteiger partial charge in [0.25, 0.3) is 0 Å². The third kappa shape index (κ3) is 2.72. The lowest BCUT2D eigenvalue weighted by molar-refractivity contribution is -0.139. The van der Waals surface area contributed by atoms with E-state index in [4.69, 9.17) is 0 Å². The molecule has 4 heteroatoms. The second kappa shape index (κ2) is 4.82. The number of nitrogens with zero attached hydrogens (tertiary/aromatic N) is 2. The highest BCUT2D eigenvalue weighted by Gasteiger charge is 2.04. The second-order valence-corrected chi connectivity index (χ2v) is 3.85. The third-order valence-electron chi connectivity index (χ3n) is 2.57. The van der Waals surface area contributed by atoms with Crippen LogP contribution in [0.3, 0.4) is 0 Å². The fourth-order valence-electron chi connectivity index (χ4n) is 1.62. The standard InChI is InChI=1S/C13H14N2O2/c1-15-9-12(8-14-15)11-5-3-10(4-6-11)7-13(16)17-2/h3-6,8-9H,7H2,1-2H3. The summed E-state index contributed by atoms with van der Waals surface area (Å²) in [5.74, 6) is -0.223. The molecule has 1 aromatic carbocycles. The Morgan fingerprint density at radius 3 is 2.53 bits per heavy atom. The largest absolute Gasteiger partial charge is 0.469 e. The van der Waals surface area contributed by atoms with E-state index < -0.39 is 0 Å². The zero-order valence-corrected chi connectivity index (χ0v) is 9.88. The summed E-state index contributed by atoms with van der Waals surface area (Å²) in [4.78, 5) is 11.1. The highest BCUT2D eigenvalue weighted by atomic mass is 16.5. The van der Waals surface area contributed by atoms with Crippen LogP contribution in [0.2, 0.25) is 0 Å². The van der Waals surface area contributed by atoms with E-state index in [1.54, 1.807) is 4.68 Å². The Bertz CT molecular complexity index is 514. The maximum Gasteiger partial charge on any atom is 0.309 e. The molecule has 1 heterocycles. The molecule has 0 saturated carbocycles. The van der Waals surface area contributed by atoms with Gasteiger partial charge in [0.05, 0.1) is 19.7 Å². The first-order valence-corrected chi connectivity index (χ1v) is 5.34. The molecule has 0 spiro atoms. The van der Waals surface area contributed by atoms with Gasteiger partial charge in [0.15, 0.2) is 0 Å². The van der Waals surface area contributed by atoms with E-state index in [1.807, 2.05) is 43.7 Å². The van der Waals surface area contributed by atoms with E-state index in [1.165, 1.54) is 7.11 Å². The lowest BCUT2D eigenvalue weighted by Crippen LogP contribution is -2.03. The first kappa shape index (κ1) is 11.4. The van der Waals surface area contributed by atoms with Crippen molar-refractivity contribution in [2.24, 2.45) is 7.05 Å². The van der Waals surface area contributed by atoms with Crippen molar-refractivity contribution in [3.63, 3.8) is 0 Å². The van der Waals surface area contributed by atoms with Crippen LogP contribution in [0.15, 0.2) is 36.7 Å². The number of benzene rings is 1. The van der Waals surface area contributed by atoms with E-state index in [2.05, 4.69) is 9.84 Å². The van der Waals surface area contributed by atoms with E-state index in [0.29, 0.717) is 6.42 Å². The molecule has 17 heavy (non-hydrogen) atoms. The van der Waals surface area contributed by atoms with Crippen LogP contribution in [0.1, 0.15) is 5.56 Å². The quantitative estimate of drug-likeness (QED) is 0.755. The lowest BCUT2D eigenvalue weighted by atomic mass is 10.1. The molecule has 0 unspecified atom stereocenters. The molecule has 0 aliphatic heterocycles. The number of ether oxygens (including phenoxy) is 1. The summed E-state index contributed by atoms with van der Waals surface area (Å²) in [5, 5.41) is 4.12. The van der Waals surface area contributed by atoms with Crippen molar-refractivity contribution < 1.29 is 9.53 Å². The molecule has 0 bridgehead atoms. The van der Waals surface area contributed by atoms with E-state index in [0.717, 1.165) is 16.7 Å². The maximum atomic E-state index is 11.1. The molecule has 0 aliphatic carbocycles. The molecule has 88 valence electrons. The highest BCUT2D eigenvalue weighted by molar-refractivity contribution is 5.73. The smallest absolute Gasteiger partial charge is 0.309 e. The minimum absolute atomic E-state index is 0.223. The van der Waals surface area contributed by atoms with Crippen LogP contribution in [0.5, 0.6) is 0 Å². The fourth-order valence-corrected chi connectivity index (χ4v) is 1.62. The number of rotatable bonds is 3. The highest BCUT2D eigenvalue weighted by Crippen LogP contribution is 2.18. The summed E-state index contributed by atoms with van der Waals surface area (Å²) < 4.78 is 6.38. The molecule has 0 amide bonds. The minimum atomic E-state index is -0.223. The number of methoxy groups -OCH3 is 1. The monoisotopic (exact) mass is 230 g/mol. The van der Waals surface area contributed by atoms with Gasteiger partial charge in [0, 0.05) is 18.8 Å². The summed E-state index contributed by atoms with van der Waals surface area (Å²) in [6.07, 6.45) is 4.08. The Labute approximate surface area is 99.8 Å². The Balaban J connectivity index is 2.15. The van der Waals surface area contributed by atoms with Gasteiger partial charge in [-0.05, 0) is 11.1 Å². The van der Waals surface area contributed by atoms with Crippen LogP contribution in [-0.2, 0) is 23.0 Å².